The van der Waals surface area contributed by atoms with E-state index in [2.05, 4.69) is 15.5 Å². The molecule has 1 aromatic heterocycles. The number of benzene rings is 1. The minimum atomic E-state index is -4.59. The zero-order valence-electron chi connectivity index (χ0n) is 13.3. The van der Waals surface area contributed by atoms with Crippen molar-refractivity contribution in [2.75, 3.05) is 13.1 Å². The lowest BCUT2D eigenvalue weighted by Gasteiger charge is -2.28. The summed E-state index contributed by atoms with van der Waals surface area (Å²) in [6.45, 7) is -0.383. The second-order valence-electron chi connectivity index (χ2n) is 5.60. The highest BCUT2D eigenvalue weighted by molar-refractivity contribution is 6.30. The Hall–Kier alpha value is -2.62. The third-order valence-corrected chi connectivity index (χ3v) is 4.08. The Morgan fingerprint density at radius 3 is 2.69 bits per heavy atom. The Balaban J connectivity index is 1.60. The van der Waals surface area contributed by atoms with E-state index in [0.29, 0.717) is 10.6 Å². The van der Waals surface area contributed by atoms with E-state index in [0.717, 1.165) is 4.57 Å². The fourth-order valence-corrected chi connectivity index (χ4v) is 2.77. The van der Waals surface area contributed by atoms with Gasteiger partial charge in [0.05, 0.1) is 13.1 Å². The molecule has 11 heteroatoms. The summed E-state index contributed by atoms with van der Waals surface area (Å²) in [6.07, 6.45) is -4.59. The highest BCUT2D eigenvalue weighted by Gasteiger charge is 2.39. The summed E-state index contributed by atoms with van der Waals surface area (Å²) in [7, 11) is 0. The van der Waals surface area contributed by atoms with Crippen LogP contribution in [0.4, 0.5) is 13.2 Å². The average Bonchev–Trinajstić information content (AvgIpc) is 3.02. The minimum Gasteiger partial charge on any atom is -0.343 e. The van der Waals surface area contributed by atoms with Crippen molar-refractivity contribution in [3.05, 3.63) is 46.5 Å². The molecule has 0 radical (unpaired) electrons. The van der Waals surface area contributed by atoms with Gasteiger partial charge in [-0.05, 0) is 18.2 Å². The molecule has 7 nitrogen and oxygen atoms in total. The highest BCUT2D eigenvalue weighted by atomic mass is 35.5. The first kappa shape index (κ1) is 18.2. The largest absolute Gasteiger partial charge is 0.451 e. The summed E-state index contributed by atoms with van der Waals surface area (Å²) < 4.78 is 39.4. The van der Waals surface area contributed by atoms with Gasteiger partial charge in [0.1, 0.15) is 0 Å². The summed E-state index contributed by atoms with van der Waals surface area (Å²) in [5, 5.41) is 9.51. The quantitative estimate of drug-likeness (QED) is 0.869. The number of hydrogen-bond donors (Lipinski definition) is 1. The van der Waals surface area contributed by atoms with Crippen LogP contribution in [0.3, 0.4) is 0 Å². The lowest BCUT2D eigenvalue weighted by Crippen LogP contribution is -2.44. The zero-order chi connectivity index (χ0) is 18.9. The van der Waals surface area contributed by atoms with Gasteiger partial charge in [-0.1, -0.05) is 17.7 Å². The van der Waals surface area contributed by atoms with Gasteiger partial charge >= 0.3 is 6.18 Å². The van der Waals surface area contributed by atoms with Crippen LogP contribution >= 0.6 is 11.6 Å². The van der Waals surface area contributed by atoms with Crippen molar-refractivity contribution >= 4 is 23.4 Å². The van der Waals surface area contributed by atoms with Crippen molar-refractivity contribution in [1.29, 1.82) is 0 Å². The van der Waals surface area contributed by atoms with Crippen LogP contribution in [0, 0.1) is 0 Å². The molecule has 0 unspecified atom stereocenters. The summed E-state index contributed by atoms with van der Waals surface area (Å²) in [5.41, 5.74) is 0.304. The second-order valence-corrected chi connectivity index (χ2v) is 6.03. The molecule has 1 aliphatic heterocycles. The molecule has 1 aliphatic rings. The third kappa shape index (κ3) is 3.79. The normalized spacial score (nSPS) is 14.1. The Kier molecular flexibility index (Phi) is 4.86. The van der Waals surface area contributed by atoms with Crippen molar-refractivity contribution in [2.45, 2.75) is 19.3 Å². The second kappa shape index (κ2) is 6.94. The van der Waals surface area contributed by atoms with Gasteiger partial charge in [-0.15, -0.1) is 10.2 Å². The van der Waals surface area contributed by atoms with Crippen molar-refractivity contribution in [3.63, 3.8) is 0 Å². The van der Waals surface area contributed by atoms with Crippen molar-refractivity contribution in [3.8, 4) is 0 Å². The summed E-state index contributed by atoms with van der Waals surface area (Å²) in [4.78, 5) is 25.5. The monoisotopic (exact) mass is 387 g/mol. The first-order chi connectivity index (χ1) is 12.3. The highest BCUT2D eigenvalue weighted by Crippen LogP contribution is 2.29. The molecule has 0 saturated heterocycles. The van der Waals surface area contributed by atoms with Gasteiger partial charge in [-0.2, -0.15) is 13.2 Å². The zero-order valence-corrected chi connectivity index (χ0v) is 14.0. The van der Waals surface area contributed by atoms with Crippen LogP contribution in [0.5, 0.6) is 0 Å². The Morgan fingerprint density at radius 1 is 1.23 bits per heavy atom. The summed E-state index contributed by atoms with van der Waals surface area (Å²) in [5.74, 6) is -1.92. The number of alkyl halides is 3. The molecule has 138 valence electrons. The van der Waals surface area contributed by atoms with Gasteiger partial charge in [0.25, 0.3) is 5.91 Å². The van der Waals surface area contributed by atoms with Crippen LogP contribution in [0.15, 0.2) is 24.3 Å². The molecule has 2 aromatic rings. The first-order valence-electron chi connectivity index (χ1n) is 7.56. The van der Waals surface area contributed by atoms with Crippen molar-refractivity contribution in [1.82, 2.24) is 25.0 Å². The number of hydrogen-bond acceptors (Lipinski definition) is 4. The van der Waals surface area contributed by atoms with Gasteiger partial charge in [-0.3, -0.25) is 9.59 Å². The van der Waals surface area contributed by atoms with E-state index >= 15 is 0 Å². The van der Waals surface area contributed by atoms with Crippen LogP contribution in [0.1, 0.15) is 22.0 Å². The minimum absolute atomic E-state index is 0.0538. The molecule has 0 aliphatic carbocycles. The van der Waals surface area contributed by atoms with Gasteiger partial charge in [0.15, 0.2) is 5.82 Å². The fraction of sp³-hybridized carbons (Fsp3) is 0.333. The molecule has 3 rings (SSSR count). The van der Waals surface area contributed by atoms with E-state index in [1.54, 1.807) is 18.2 Å². The van der Waals surface area contributed by atoms with Crippen LogP contribution in [0.25, 0.3) is 0 Å². The fourth-order valence-electron chi connectivity index (χ4n) is 2.58. The van der Waals surface area contributed by atoms with Crippen LogP contribution < -0.4 is 5.32 Å². The predicted molar refractivity (Wildman–Crippen MR) is 84.2 cm³/mol. The number of halogens is 4. The van der Waals surface area contributed by atoms with Crippen LogP contribution in [-0.4, -0.2) is 44.6 Å². The maximum absolute atomic E-state index is 12.8. The molecule has 0 bridgehead atoms. The Bertz CT molecular complexity index is 852. The first-order valence-corrected chi connectivity index (χ1v) is 7.94. The lowest BCUT2D eigenvalue weighted by molar-refractivity contribution is -0.148. The predicted octanol–water partition coefficient (Wildman–Crippen LogP) is 1.72. The molecule has 0 fully saturated rings. The van der Waals surface area contributed by atoms with E-state index in [1.807, 2.05) is 0 Å². The smallest absolute Gasteiger partial charge is 0.343 e. The number of fused-ring (bicyclic) bond motifs is 1. The Labute approximate surface area is 150 Å². The van der Waals surface area contributed by atoms with E-state index in [9.17, 15) is 22.8 Å². The molecular weight excluding hydrogens is 375 g/mol. The number of rotatable bonds is 3. The van der Waals surface area contributed by atoms with Crippen molar-refractivity contribution < 1.29 is 22.8 Å². The molecule has 1 aromatic carbocycles. The number of aromatic nitrogens is 3. The van der Waals surface area contributed by atoms with E-state index in [-0.39, 0.29) is 32.0 Å². The van der Waals surface area contributed by atoms with E-state index < -0.39 is 23.8 Å². The molecule has 26 heavy (non-hydrogen) atoms. The molecule has 0 spiro atoms. The third-order valence-electron chi connectivity index (χ3n) is 3.85. The average molecular weight is 388 g/mol. The van der Waals surface area contributed by atoms with Gasteiger partial charge in [0, 0.05) is 23.7 Å². The van der Waals surface area contributed by atoms with Gasteiger partial charge < -0.3 is 14.8 Å². The van der Waals surface area contributed by atoms with Crippen LogP contribution in [-0.2, 0) is 24.1 Å². The van der Waals surface area contributed by atoms with Gasteiger partial charge in [-0.25, -0.2) is 0 Å². The number of nitrogens with one attached hydrogen (secondary N) is 1. The molecule has 0 atom stereocenters. The lowest BCUT2D eigenvalue weighted by atomic mass is 10.2. The number of nitrogens with zero attached hydrogens (tertiary/aromatic N) is 4. The summed E-state index contributed by atoms with van der Waals surface area (Å²) >= 11 is 5.80. The SMILES string of the molecule is O=C(NCC(=O)N1CCn2c(nnc2C(F)(F)F)C1)c1cccc(Cl)c1. The van der Waals surface area contributed by atoms with Gasteiger partial charge in [0.2, 0.25) is 11.7 Å². The van der Waals surface area contributed by atoms with E-state index in [1.165, 1.54) is 11.0 Å². The van der Waals surface area contributed by atoms with Crippen molar-refractivity contribution in [2.24, 2.45) is 0 Å². The maximum Gasteiger partial charge on any atom is 0.451 e. The summed E-state index contributed by atoms with van der Waals surface area (Å²) in [6, 6.07) is 6.23. The number of carbonyl (C=O) groups is 2. The standard InChI is InChI=1S/C15H13ClF3N5O2/c16-10-3-1-2-9(6-10)13(26)20-7-12(25)23-4-5-24-11(8-23)21-22-14(24)15(17,18)19/h1-3,6H,4-5,7-8H2,(H,20,26). The topological polar surface area (TPSA) is 80.1 Å². The van der Waals surface area contributed by atoms with Crippen LogP contribution in [0.2, 0.25) is 5.02 Å². The number of amides is 2. The molecule has 2 heterocycles. The molecule has 1 N–H and O–H groups in total. The maximum atomic E-state index is 12.8. The number of carbonyl (C=O) groups excluding carboxylic acids is 2. The van der Waals surface area contributed by atoms with E-state index in [4.69, 9.17) is 11.6 Å². The Morgan fingerprint density at radius 2 is 2.00 bits per heavy atom. The molecule has 2 amide bonds. The molecule has 0 saturated carbocycles. The molecular formula is C15H13ClF3N5O2.